The van der Waals surface area contributed by atoms with Crippen LogP contribution in [-0.2, 0) is 9.53 Å². The topological polar surface area (TPSA) is 46.5 Å². The number of carbonyl (C=O) groups is 1. The van der Waals surface area contributed by atoms with E-state index < -0.39 is 0 Å². The Labute approximate surface area is 84.8 Å². The zero-order valence-corrected chi connectivity index (χ0v) is 8.66. The maximum absolute atomic E-state index is 11.2. The van der Waals surface area contributed by atoms with Crippen LogP contribution in [0.25, 0.3) is 0 Å². The van der Waals surface area contributed by atoms with Gasteiger partial charge in [-0.2, -0.15) is 0 Å². The highest BCUT2D eigenvalue weighted by atomic mass is 16.6. The molecular formula is C11H18O3. The third-order valence-electron chi connectivity index (χ3n) is 2.71. The van der Waals surface area contributed by atoms with Crippen LogP contribution in [0, 0.1) is 5.92 Å². The Bertz CT molecular complexity index is 223. The average Bonchev–Trinajstić information content (AvgIpc) is 2.43. The molecule has 0 saturated carbocycles. The lowest BCUT2D eigenvalue weighted by molar-refractivity contribution is -0.139. The van der Waals surface area contributed by atoms with E-state index in [1.807, 2.05) is 0 Å². The minimum absolute atomic E-state index is 0.0403. The summed E-state index contributed by atoms with van der Waals surface area (Å²) in [6.07, 6.45) is 4.01. The molecule has 14 heavy (non-hydrogen) atoms. The third-order valence-corrected chi connectivity index (χ3v) is 2.71. The van der Waals surface area contributed by atoms with Crippen LogP contribution >= 0.6 is 0 Å². The fourth-order valence-corrected chi connectivity index (χ4v) is 1.75. The molecule has 2 atom stereocenters. The van der Waals surface area contributed by atoms with E-state index in [1.165, 1.54) is 0 Å². The molecule has 1 N–H and O–H groups in total. The van der Waals surface area contributed by atoms with Gasteiger partial charge in [0.1, 0.15) is 6.10 Å². The van der Waals surface area contributed by atoms with Crippen molar-refractivity contribution in [3.63, 3.8) is 0 Å². The Morgan fingerprint density at radius 3 is 2.79 bits per heavy atom. The lowest BCUT2D eigenvalue weighted by Gasteiger charge is -2.14. The Kier molecular flexibility index (Phi) is 4.14. The van der Waals surface area contributed by atoms with E-state index in [-0.39, 0.29) is 24.6 Å². The van der Waals surface area contributed by atoms with E-state index in [0.29, 0.717) is 5.57 Å². The van der Waals surface area contributed by atoms with Crippen molar-refractivity contribution < 1.29 is 14.6 Å². The van der Waals surface area contributed by atoms with Gasteiger partial charge in [-0.25, -0.2) is 4.79 Å². The summed E-state index contributed by atoms with van der Waals surface area (Å²) < 4.78 is 5.13. The predicted molar refractivity (Wildman–Crippen MR) is 53.7 cm³/mol. The summed E-state index contributed by atoms with van der Waals surface area (Å²) in [6, 6.07) is 0. The fraction of sp³-hybridized carbons (Fsp3) is 0.727. The molecule has 3 heteroatoms. The first-order valence-electron chi connectivity index (χ1n) is 5.21. The van der Waals surface area contributed by atoms with Crippen molar-refractivity contribution >= 4 is 5.97 Å². The second kappa shape index (κ2) is 5.15. The minimum atomic E-state index is -0.342. The number of carbonyl (C=O) groups excluding carboxylic acids is 1. The van der Waals surface area contributed by atoms with Crippen molar-refractivity contribution in [2.24, 2.45) is 5.92 Å². The first-order valence-corrected chi connectivity index (χ1v) is 5.21. The number of rotatable bonds is 5. The second-order valence-electron chi connectivity index (χ2n) is 3.75. The number of hydrogen-bond donors (Lipinski definition) is 1. The largest absolute Gasteiger partial charge is 0.458 e. The van der Waals surface area contributed by atoms with Crippen LogP contribution in [0.3, 0.4) is 0 Å². The number of aliphatic hydroxyl groups excluding tert-OH is 1. The summed E-state index contributed by atoms with van der Waals surface area (Å²) in [5.74, 6) is -0.523. The standard InChI is InChI=1S/C11H18O3/c1-3-4-5-6-10-9(7-12)8(2)11(13)14-10/h9-10,12H,2-7H2,1H3/t9-,10+/m1/s1. The fourth-order valence-electron chi connectivity index (χ4n) is 1.75. The van der Waals surface area contributed by atoms with Crippen LogP contribution in [0.1, 0.15) is 32.6 Å². The van der Waals surface area contributed by atoms with Gasteiger partial charge >= 0.3 is 5.97 Å². The van der Waals surface area contributed by atoms with Crippen molar-refractivity contribution in [3.8, 4) is 0 Å². The molecule has 0 aromatic carbocycles. The zero-order chi connectivity index (χ0) is 10.6. The van der Waals surface area contributed by atoms with Crippen LogP contribution in [-0.4, -0.2) is 23.8 Å². The van der Waals surface area contributed by atoms with Crippen molar-refractivity contribution in [3.05, 3.63) is 12.2 Å². The molecule has 0 aromatic rings. The summed E-state index contributed by atoms with van der Waals surface area (Å²) in [6.45, 7) is 5.72. The highest BCUT2D eigenvalue weighted by Crippen LogP contribution is 2.29. The number of aliphatic hydroxyl groups is 1. The molecule has 1 heterocycles. The van der Waals surface area contributed by atoms with Crippen molar-refractivity contribution in [2.75, 3.05) is 6.61 Å². The normalized spacial score (nSPS) is 26.7. The summed E-state index contributed by atoms with van der Waals surface area (Å²) in [5, 5.41) is 9.09. The first kappa shape index (κ1) is 11.2. The predicted octanol–water partition coefficient (Wildman–Crippen LogP) is 1.66. The molecule has 0 aromatic heterocycles. The Morgan fingerprint density at radius 1 is 1.50 bits per heavy atom. The molecule has 1 aliphatic heterocycles. The number of cyclic esters (lactones) is 1. The van der Waals surface area contributed by atoms with E-state index in [4.69, 9.17) is 9.84 Å². The number of hydrogen-bond acceptors (Lipinski definition) is 3. The number of ether oxygens (including phenoxy) is 1. The molecule has 0 unspecified atom stereocenters. The zero-order valence-electron chi connectivity index (χ0n) is 8.66. The van der Waals surface area contributed by atoms with Gasteiger partial charge in [0.2, 0.25) is 0 Å². The maximum atomic E-state index is 11.2. The molecule has 0 bridgehead atoms. The molecule has 1 saturated heterocycles. The maximum Gasteiger partial charge on any atom is 0.334 e. The van der Waals surface area contributed by atoms with Crippen LogP contribution in [0.2, 0.25) is 0 Å². The summed E-state index contributed by atoms with van der Waals surface area (Å²) in [5.41, 5.74) is 0.425. The monoisotopic (exact) mass is 198 g/mol. The van der Waals surface area contributed by atoms with Gasteiger partial charge in [0, 0.05) is 5.57 Å². The van der Waals surface area contributed by atoms with Gasteiger partial charge in [-0.1, -0.05) is 26.3 Å². The van der Waals surface area contributed by atoms with Gasteiger partial charge in [-0.05, 0) is 12.8 Å². The molecule has 0 radical (unpaired) electrons. The number of esters is 1. The molecule has 3 nitrogen and oxygen atoms in total. The second-order valence-corrected chi connectivity index (χ2v) is 3.75. The lowest BCUT2D eigenvalue weighted by atomic mass is 9.94. The molecule has 0 aliphatic carbocycles. The molecule has 1 rings (SSSR count). The molecule has 0 amide bonds. The Hall–Kier alpha value is -0.830. The Balaban J connectivity index is 2.44. The van der Waals surface area contributed by atoms with Crippen LogP contribution in [0.15, 0.2) is 12.2 Å². The van der Waals surface area contributed by atoms with Crippen molar-refractivity contribution in [2.45, 2.75) is 38.7 Å². The van der Waals surface area contributed by atoms with Gasteiger partial charge in [-0.15, -0.1) is 0 Å². The molecule has 1 aliphatic rings. The number of unbranched alkanes of at least 4 members (excludes halogenated alkanes) is 2. The SMILES string of the molecule is C=C1C(=O)O[C@@H](CCCCC)[C@@H]1CO. The molecular weight excluding hydrogens is 180 g/mol. The van der Waals surface area contributed by atoms with Gasteiger partial charge in [-0.3, -0.25) is 0 Å². The highest BCUT2D eigenvalue weighted by molar-refractivity contribution is 5.90. The van der Waals surface area contributed by atoms with E-state index in [1.54, 1.807) is 0 Å². The third kappa shape index (κ3) is 2.35. The van der Waals surface area contributed by atoms with E-state index in [2.05, 4.69) is 13.5 Å². The van der Waals surface area contributed by atoms with Crippen LogP contribution in [0.4, 0.5) is 0 Å². The van der Waals surface area contributed by atoms with Crippen molar-refractivity contribution in [1.82, 2.24) is 0 Å². The lowest BCUT2D eigenvalue weighted by Crippen LogP contribution is -2.19. The summed E-state index contributed by atoms with van der Waals surface area (Å²) in [7, 11) is 0. The Morgan fingerprint density at radius 2 is 2.21 bits per heavy atom. The molecule has 1 fully saturated rings. The summed E-state index contributed by atoms with van der Waals surface area (Å²) >= 11 is 0. The smallest absolute Gasteiger partial charge is 0.334 e. The molecule has 0 spiro atoms. The highest BCUT2D eigenvalue weighted by Gasteiger charge is 2.37. The quantitative estimate of drug-likeness (QED) is 0.415. The molecule has 80 valence electrons. The van der Waals surface area contributed by atoms with E-state index in [0.717, 1.165) is 25.7 Å². The minimum Gasteiger partial charge on any atom is -0.458 e. The van der Waals surface area contributed by atoms with E-state index >= 15 is 0 Å². The van der Waals surface area contributed by atoms with Gasteiger partial charge in [0.05, 0.1) is 12.5 Å². The van der Waals surface area contributed by atoms with Crippen LogP contribution in [0.5, 0.6) is 0 Å². The van der Waals surface area contributed by atoms with Crippen molar-refractivity contribution in [1.29, 1.82) is 0 Å². The van der Waals surface area contributed by atoms with Gasteiger partial charge in [0.25, 0.3) is 0 Å². The average molecular weight is 198 g/mol. The first-order chi connectivity index (χ1) is 6.70. The van der Waals surface area contributed by atoms with Gasteiger partial charge in [0.15, 0.2) is 0 Å². The van der Waals surface area contributed by atoms with Crippen LogP contribution < -0.4 is 0 Å². The van der Waals surface area contributed by atoms with E-state index in [9.17, 15) is 4.79 Å². The van der Waals surface area contributed by atoms with Gasteiger partial charge < -0.3 is 9.84 Å². The summed E-state index contributed by atoms with van der Waals surface area (Å²) in [4.78, 5) is 11.2.